The SMILES string of the molecule is CC(C)Oc1cccc(CNC(C)c2nncn2C)c1. The molecular formula is C15H22N4O. The lowest BCUT2D eigenvalue weighted by Gasteiger charge is -2.14. The van der Waals surface area contributed by atoms with Gasteiger partial charge in [0.25, 0.3) is 0 Å². The minimum Gasteiger partial charge on any atom is -0.491 e. The van der Waals surface area contributed by atoms with Crippen LogP contribution in [0.3, 0.4) is 0 Å². The third-order valence-electron chi connectivity index (χ3n) is 3.02. The molecule has 0 saturated carbocycles. The van der Waals surface area contributed by atoms with E-state index in [9.17, 15) is 0 Å². The van der Waals surface area contributed by atoms with Crippen LogP contribution in [0.2, 0.25) is 0 Å². The molecule has 1 aromatic carbocycles. The first-order chi connectivity index (χ1) is 9.56. The van der Waals surface area contributed by atoms with Crippen molar-refractivity contribution in [1.29, 1.82) is 0 Å². The number of hydrogen-bond donors (Lipinski definition) is 1. The highest BCUT2D eigenvalue weighted by molar-refractivity contribution is 5.28. The third-order valence-corrected chi connectivity index (χ3v) is 3.02. The summed E-state index contributed by atoms with van der Waals surface area (Å²) in [5, 5.41) is 11.5. The van der Waals surface area contributed by atoms with Crippen molar-refractivity contribution in [3.05, 3.63) is 42.0 Å². The Balaban J connectivity index is 1.95. The maximum absolute atomic E-state index is 5.70. The summed E-state index contributed by atoms with van der Waals surface area (Å²) in [5.41, 5.74) is 1.19. The van der Waals surface area contributed by atoms with Crippen molar-refractivity contribution in [2.75, 3.05) is 0 Å². The van der Waals surface area contributed by atoms with Crippen LogP contribution in [0, 0.1) is 0 Å². The molecule has 0 aliphatic carbocycles. The first-order valence-corrected chi connectivity index (χ1v) is 6.89. The molecule has 108 valence electrons. The molecule has 1 heterocycles. The van der Waals surface area contributed by atoms with Crippen LogP contribution >= 0.6 is 0 Å². The Morgan fingerprint density at radius 3 is 2.75 bits per heavy atom. The van der Waals surface area contributed by atoms with Crippen LogP contribution in [0.4, 0.5) is 0 Å². The Morgan fingerprint density at radius 1 is 1.30 bits per heavy atom. The van der Waals surface area contributed by atoms with Crippen LogP contribution in [0.15, 0.2) is 30.6 Å². The summed E-state index contributed by atoms with van der Waals surface area (Å²) in [7, 11) is 1.95. The average Bonchev–Trinajstić information content (AvgIpc) is 2.82. The van der Waals surface area contributed by atoms with Gasteiger partial charge in [0.1, 0.15) is 17.9 Å². The molecule has 0 saturated heterocycles. The number of ether oxygens (including phenoxy) is 1. The molecule has 2 rings (SSSR count). The minimum absolute atomic E-state index is 0.150. The normalized spacial score (nSPS) is 12.7. The Labute approximate surface area is 120 Å². The monoisotopic (exact) mass is 274 g/mol. The van der Waals surface area contributed by atoms with E-state index in [-0.39, 0.29) is 12.1 Å². The topological polar surface area (TPSA) is 52.0 Å². The standard InChI is InChI=1S/C15H22N4O/c1-11(2)20-14-7-5-6-13(8-14)9-16-12(3)15-18-17-10-19(15)4/h5-8,10-12,16H,9H2,1-4H3. The zero-order valence-corrected chi connectivity index (χ0v) is 12.5. The maximum atomic E-state index is 5.70. The molecule has 0 amide bonds. The lowest BCUT2D eigenvalue weighted by atomic mass is 10.2. The molecule has 0 radical (unpaired) electrons. The Kier molecular flexibility index (Phi) is 4.74. The van der Waals surface area contributed by atoms with Gasteiger partial charge in [-0.3, -0.25) is 0 Å². The van der Waals surface area contributed by atoms with Gasteiger partial charge in [-0.25, -0.2) is 0 Å². The van der Waals surface area contributed by atoms with Crippen LogP contribution in [-0.2, 0) is 13.6 Å². The summed E-state index contributed by atoms with van der Waals surface area (Å²) in [6.07, 6.45) is 1.90. The van der Waals surface area contributed by atoms with Gasteiger partial charge < -0.3 is 14.6 Å². The van der Waals surface area contributed by atoms with E-state index in [4.69, 9.17) is 4.74 Å². The summed E-state index contributed by atoms with van der Waals surface area (Å²) in [4.78, 5) is 0. The minimum atomic E-state index is 0.150. The van der Waals surface area contributed by atoms with Gasteiger partial charge in [-0.2, -0.15) is 0 Å². The van der Waals surface area contributed by atoms with Crippen molar-refractivity contribution in [2.45, 2.75) is 39.5 Å². The fraction of sp³-hybridized carbons (Fsp3) is 0.467. The molecule has 0 aliphatic heterocycles. The summed E-state index contributed by atoms with van der Waals surface area (Å²) in [6, 6.07) is 8.30. The first kappa shape index (κ1) is 14.5. The molecule has 5 nitrogen and oxygen atoms in total. The quantitative estimate of drug-likeness (QED) is 0.879. The molecule has 0 fully saturated rings. The number of aromatic nitrogens is 3. The Bertz CT molecular complexity index is 550. The van der Waals surface area contributed by atoms with E-state index >= 15 is 0 Å². The predicted octanol–water partition coefficient (Wildman–Crippen LogP) is 2.45. The molecule has 5 heteroatoms. The van der Waals surface area contributed by atoms with Gasteiger partial charge in [-0.1, -0.05) is 12.1 Å². The molecule has 1 atom stereocenters. The van der Waals surface area contributed by atoms with E-state index in [1.807, 2.05) is 37.6 Å². The maximum Gasteiger partial charge on any atom is 0.149 e. The average molecular weight is 274 g/mol. The van der Waals surface area contributed by atoms with Crippen LogP contribution < -0.4 is 10.1 Å². The van der Waals surface area contributed by atoms with Gasteiger partial charge in [-0.05, 0) is 38.5 Å². The van der Waals surface area contributed by atoms with E-state index < -0.39 is 0 Å². The van der Waals surface area contributed by atoms with Crippen molar-refractivity contribution in [3.63, 3.8) is 0 Å². The summed E-state index contributed by atoms with van der Waals surface area (Å²) >= 11 is 0. The summed E-state index contributed by atoms with van der Waals surface area (Å²) < 4.78 is 7.63. The van der Waals surface area contributed by atoms with Gasteiger partial charge in [0.2, 0.25) is 0 Å². The van der Waals surface area contributed by atoms with Gasteiger partial charge in [0.15, 0.2) is 0 Å². The fourth-order valence-electron chi connectivity index (χ4n) is 2.05. The number of nitrogens with zero attached hydrogens (tertiary/aromatic N) is 3. The number of hydrogen-bond acceptors (Lipinski definition) is 4. The van der Waals surface area contributed by atoms with Crippen molar-refractivity contribution >= 4 is 0 Å². The number of nitrogens with one attached hydrogen (secondary N) is 1. The molecule has 0 bridgehead atoms. The molecule has 1 N–H and O–H groups in total. The molecule has 0 spiro atoms. The Hall–Kier alpha value is -1.88. The lowest BCUT2D eigenvalue weighted by molar-refractivity contribution is 0.242. The molecule has 2 aromatic rings. The molecule has 1 unspecified atom stereocenters. The zero-order valence-electron chi connectivity index (χ0n) is 12.5. The predicted molar refractivity (Wildman–Crippen MR) is 78.5 cm³/mol. The highest BCUT2D eigenvalue weighted by atomic mass is 16.5. The number of aryl methyl sites for hydroxylation is 1. The second-order valence-electron chi connectivity index (χ2n) is 5.22. The van der Waals surface area contributed by atoms with Gasteiger partial charge in [0, 0.05) is 13.6 Å². The van der Waals surface area contributed by atoms with Gasteiger partial charge >= 0.3 is 0 Å². The van der Waals surface area contributed by atoms with Crippen molar-refractivity contribution < 1.29 is 4.74 Å². The molecular weight excluding hydrogens is 252 g/mol. The van der Waals surface area contributed by atoms with Crippen LogP contribution in [0.5, 0.6) is 5.75 Å². The molecule has 0 aliphatic rings. The smallest absolute Gasteiger partial charge is 0.149 e. The number of benzene rings is 1. The lowest BCUT2D eigenvalue weighted by Crippen LogP contribution is -2.21. The van der Waals surface area contributed by atoms with E-state index in [2.05, 4.69) is 34.6 Å². The van der Waals surface area contributed by atoms with E-state index in [1.54, 1.807) is 6.33 Å². The van der Waals surface area contributed by atoms with Crippen LogP contribution in [-0.4, -0.2) is 20.9 Å². The van der Waals surface area contributed by atoms with Crippen LogP contribution in [0.25, 0.3) is 0 Å². The van der Waals surface area contributed by atoms with Crippen molar-refractivity contribution in [2.24, 2.45) is 7.05 Å². The highest BCUT2D eigenvalue weighted by Crippen LogP contribution is 2.16. The summed E-state index contributed by atoms with van der Waals surface area (Å²) in [5.74, 6) is 1.84. The second kappa shape index (κ2) is 6.52. The molecule has 1 aromatic heterocycles. The summed E-state index contributed by atoms with van der Waals surface area (Å²) in [6.45, 7) is 6.91. The van der Waals surface area contributed by atoms with E-state index in [1.165, 1.54) is 5.56 Å². The molecule has 20 heavy (non-hydrogen) atoms. The fourth-order valence-corrected chi connectivity index (χ4v) is 2.05. The zero-order chi connectivity index (χ0) is 14.5. The van der Waals surface area contributed by atoms with Crippen molar-refractivity contribution in [1.82, 2.24) is 20.1 Å². The van der Waals surface area contributed by atoms with Gasteiger partial charge in [0.05, 0.1) is 12.1 Å². The number of rotatable bonds is 6. The van der Waals surface area contributed by atoms with Crippen molar-refractivity contribution in [3.8, 4) is 5.75 Å². The Morgan fingerprint density at radius 2 is 2.10 bits per heavy atom. The van der Waals surface area contributed by atoms with E-state index in [0.717, 1.165) is 18.1 Å². The first-order valence-electron chi connectivity index (χ1n) is 6.89. The van der Waals surface area contributed by atoms with E-state index in [0.29, 0.717) is 0 Å². The van der Waals surface area contributed by atoms with Crippen LogP contribution in [0.1, 0.15) is 38.2 Å². The third kappa shape index (κ3) is 3.81. The largest absolute Gasteiger partial charge is 0.491 e. The highest BCUT2D eigenvalue weighted by Gasteiger charge is 2.10. The van der Waals surface area contributed by atoms with Gasteiger partial charge in [-0.15, -0.1) is 10.2 Å². The second-order valence-corrected chi connectivity index (χ2v) is 5.22.